The summed E-state index contributed by atoms with van der Waals surface area (Å²) in [6.45, 7) is 6.08. The molecule has 0 aromatic heterocycles. The van der Waals surface area contributed by atoms with Crippen LogP contribution in [0.1, 0.15) is 40.9 Å². The number of hydrogen-bond acceptors (Lipinski definition) is 2. The second-order valence-corrected chi connectivity index (χ2v) is 7.07. The zero-order chi connectivity index (χ0) is 15.2. The summed E-state index contributed by atoms with van der Waals surface area (Å²) < 4.78 is 6.84. The third-order valence-electron chi connectivity index (χ3n) is 3.76. The zero-order valence-corrected chi connectivity index (χ0v) is 14.0. The minimum absolute atomic E-state index is 0.0625. The van der Waals surface area contributed by atoms with Gasteiger partial charge in [0.05, 0.1) is 0 Å². The summed E-state index contributed by atoms with van der Waals surface area (Å²) in [5.41, 5.74) is 3.38. The monoisotopic (exact) mass is 344 g/mol. The van der Waals surface area contributed by atoms with E-state index in [0.29, 0.717) is 0 Å². The first kappa shape index (κ1) is 14.3. The molecule has 1 heterocycles. The Morgan fingerprint density at radius 2 is 1.95 bits per heavy atom. The van der Waals surface area contributed by atoms with Crippen LogP contribution in [0.25, 0.3) is 0 Å². The molecule has 0 N–H and O–H groups in total. The van der Waals surface area contributed by atoms with Gasteiger partial charge in [-0.15, -0.1) is 0 Å². The van der Waals surface area contributed by atoms with E-state index in [-0.39, 0.29) is 11.4 Å². The molecule has 0 radical (unpaired) electrons. The van der Waals surface area contributed by atoms with Crippen molar-refractivity contribution in [3.05, 3.63) is 63.1 Å². The van der Waals surface area contributed by atoms with Crippen LogP contribution in [-0.4, -0.2) is 11.4 Å². The highest BCUT2D eigenvalue weighted by molar-refractivity contribution is 9.10. The number of rotatable bonds is 2. The van der Waals surface area contributed by atoms with Gasteiger partial charge in [-0.2, -0.15) is 0 Å². The Bertz CT molecular complexity index is 732. The van der Waals surface area contributed by atoms with E-state index in [4.69, 9.17) is 4.74 Å². The van der Waals surface area contributed by atoms with Crippen molar-refractivity contribution in [1.82, 2.24) is 0 Å². The molecule has 0 fully saturated rings. The Morgan fingerprint density at radius 1 is 1.19 bits per heavy atom. The summed E-state index contributed by atoms with van der Waals surface area (Å²) in [6.07, 6.45) is 0.836. The molecule has 0 aliphatic carbocycles. The number of fused-ring (bicyclic) bond motifs is 1. The molecule has 108 valence electrons. The fraction of sp³-hybridized carbons (Fsp3) is 0.278. The molecule has 0 bridgehead atoms. The fourth-order valence-electron chi connectivity index (χ4n) is 2.79. The molecule has 0 saturated heterocycles. The molecule has 1 aliphatic heterocycles. The van der Waals surface area contributed by atoms with Crippen molar-refractivity contribution in [1.29, 1.82) is 0 Å². The van der Waals surface area contributed by atoms with Crippen molar-refractivity contribution in [3.8, 4) is 5.75 Å². The predicted octanol–water partition coefficient (Wildman–Crippen LogP) is 4.70. The largest absolute Gasteiger partial charge is 0.487 e. The van der Waals surface area contributed by atoms with Crippen LogP contribution in [0.5, 0.6) is 5.75 Å². The number of aryl methyl sites for hydroxylation is 1. The van der Waals surface area contributed by atoms with E-state index in [9.17, 15) is 4.79 Å². The summed E-state index contributed by atoms with van der Waals surface area (Å²) in [5, 5.41) is 0. The predicted molar refractivity (Wildman–Crippen MR) is 87.2 cm³/mol. The minimum atomic E-state index is -0.183. The van der Waals surface area contributed by atoms with Gasteiger partial charge < -0.3 is 4.74 Å². The van der Waals surface area contributed by atoms with E-state index < -0.39 is 0 Å². The van der Waals surface area contributed by atoms with Crippen LogP contribution >= 0.6 is 15.9 Å². The van der Waals surface area contributed by atoms with Crippen LogP contribution in [0.4, 0.5) is 0 Å². The molecule has 2 aromatic carbocycles. The van der Waals surface area contributed by atoms with Gasteiger partial charge in [0.1, 0.15) is 11.4 Å². The molecule has 1 aliphatic rings. The van der Waals surface area contributed by atoms with Crippen molar-refractivity contribution in [3.63, 3.8) is 0 Å². The van der Waals surface area contributed by atoms with Gasteiger partial charge in [-0.05, 0) is 68.3 Å². The van der Waals surface area contributed by atoms with Crippen LogP contribution in [0.15, 0.2) is 40.9 Å². The summed E-state index contributed by atoms with van der Waals surface area (Å²) in [5.74, 6) is 0.955. The number of ether oxygens (including phenoxy) is 1. The molecule has 21 heavy (non-hydrogen) atoms. The zero-order valence-electron chi connectivity index (χ0n) is 12.4. The lowest BCUT2D eigenvalue weighted by Gasteiger charge is -2.16. The Balaban J connectivity index is 1.97. The van der Waals surface area contributed by atoms with Gasteiger partial charge in [-0.25, -0.2) is 0 Å². The van der Waals surface area contributed by atoms with E-state index in [1.807, 2.05) is 43.3 Å². The first-order valence-corrected chi connectivity index (χ1v) is 7.78. The van der Waals surface area contributed by atoms with Crippen LogP contribution < -0.4 is 4.74 Å². The number of benzene rings is 2. The molecule has 0 saturated carbocycles. The molecular formula is C18H17BrO2. The number of halogens is 1. The average Bonchev–Trinajstić information content (AvgIpc) is 2.70. The first-order chi connectivity index (χ1) is 9.85. The Morgan fingerprint density at radius 3 is 2.67 bits per heavy atom. The van der Waals surface area contributed by atoms with Gasteiger partial charge in [0, 0.05) is 22.0 Å². The molecule has 2 nitrogen and oxygen atoms in total. The second-order valence-electron chi connectivity index (χ2n) is 6.15. The normalized spacial score (nSPS) is 15.4. The highest BCUT2D eigenvalue weighted by Gasteiger charge is 2.30. The van der Waals surface area contributed by atoms with Crippen molar-refractivity contribution >= 4 is 21.7 Å². The van der Waals surface area contributed by atoms with Gasteiger partial charge in [0.25, 0.3) is 0 Å². The second kappa shape index (κ2) is 4.99. The van der Waals surface area contributed by atoms with E-state index in [1.54, 1.807) is 0 Å². The SMILES string of the molecule is Cc1cc(Br)ccc1C(=O)c1ccc2c(c1)CC(C)(C)O2. The Labute approximate surface area is 133 Å². The maximum absolute atomic E-state index is 12.7. The van der Waals surface area contributed by atoms with Gasteiger partial charge in [0.15, 0.2) is 5.78 Å². The van der Waals surface area contributed by atoms with E-state index in [2.05, 4.69) is 29.8 Å². The Hall–Kier alpha value is -1.61. The van der Waals surface area contributed by atoms with Crippen molar-refractivity contribution < 1.29 is 9.53 Å². The van der Waals surface area contributed by atoms with E-state index in [1.165, 1.54) is 0 Å². The van der Waals surface area contributed by atoms with Crippen LogP contribution in [0.3, 0.4) is 0 Å². The topological polar surface area (TPSA) is 26.3 Å². The van der Waals surface area contributed by atoms with Gasteiger partial charge in [0.2, 0.25) is 0 Å². The summed E-state index contributed by atoms with van der Waals surface area (Å²) in [4.78, 5) is 12.7. The molecular weight excluding hydrogens is 328 g/mol. The number of hydrogen-bond donors (Lipinski definition) is 0. The number of carbonyl (C=O) groups is 1. The van der Waals surface area contributed by atoms with Crippen molar-refractivity contribution in [2.75, 3.05) is 0 Å². The molecule has 0 unspecified atom stereocenters. The standard InChI is InChI=1S/C18H17BrO2/c1-11-8-14(19)5-6-15(11)17(20)12-4-7-16-13(9-12)10-18(2,3)21-16/h4-9H,10H2,1-3H3. The lowest BCUT2D eigenvalue weighted by Crippen LogP contribution is -2.24. The van der Waals surface area contributed by atoms with Crippen LogP contribution in [-0.2, 0) is 6.42 Å². The van der Waals surface area contributed by atoms with E-state index >= 15 is 0 Å². The quantitative estimate of drug-likeness (QED) is 0.738. The summed E-state index contributed by atoms with van der Waals surface area (Å²) >= 11 is 3.43. The molecule has 0 atom stereocenters. The highest BCUT2D eigenvalue weighted by Crippen LogP contribution is 2.35. The van der Waals surface area contributed by atoms with Gasteiger partial charge in [-0.1, -0.05) is 15.9 Å². The molecule has 3 heteroatoms. The first-order valence-electron chi connectivity index (χ1n) is 6.98. The fourth-order valence-corrected chi connectivity index (χ4v) is 3.26. The molecule has 3 rings (SSSR count). The van der Waals surface area contributed by atoms with Gasteiger partial charge >= 0.3 is 0 Å². The third-order valence-corrected chi connectivity index (χ3v) is 4.25. The molecule has 0 spiro atoms. The minimum Gasteiger partial charge on any atom is -0.487 e. The maximum Gasteiger partial charge on any atom is 0.193 e. The van der Waals surface area contributed by atoms with E-state index in [0.717, 1.165) is 38.9 Å². The average molecular weight is 345 g/mol. The third kappa shape index (κ3) is 2.75. The summed E-state index contributed by atoms with van der Waals surface area (Å²) in [7, 11) is 0. The van der Waals surface area contributed by atoms with Crippen molar-refractivity contribution in [2.45, 2.75) is 32.8 Å². The maximum atomic E-state index is 12.7. The summed E-state index contributed by atoms with van der Waals surface area (Å²) in [6, 6.07) is 11.5. The van der Waals surface area contributed by atoms with Crippen LogP contribution in [0.2, 0.25) is 0 Å². The highest BCUT2D eigenvalue weighted by atomic mass is 79.9. The number of ketones is 1. The molecule has 0 amide bonds. The van der Waals surface area contributed by atoms with Crippen molar-refractivity contribution in [2.24, 2.45) is 0 Å². The molecule has 2 aromatic rings. The van der Waals surface area contributed by atoms with Gasteiger partial charge in [-0.3, -0.25) is 4.79 Å². The number of carbonyl (C=O) groups excluding carboxylic acids is 1. The Kier molecular flexibility index (Phi) is 3.40. The smallest absolute Gasteiger partial charge is 0.193 e. The lowest BCUT2D eigenvalue weighted by molar-refractivity contribution is 0.103. The lowest BCUT2D eigenvalue weighted by atomic mass is 9.95. The van der Waals surface area contributed by atoms with Crippen LogP contribution in [0, 0.1) is 6.92 Å².